The minimum Gasteiger partial charge on any atom is -0.384 e. The summed E-state index contributed by atoms with van der Waals surface area (Å²) in [5.74, 6) is 0. The molecular formula is C18H22O2. The summed E-state index contributed by atoms with van der Waals surface area (Å²) in [5, 5.41) is 0. The average molecular weight is 270 g/mol. The minimum absolute atomic E-state index is 0.771. The molecule has 0 saturated heterocycles. The summed E-state index contributed by atoms with van der Waals surface area (Å²) in [6, 6.07) is 17.4. The van der Waals surface area contributed by atoms with E-state index in [1.54, 1.807) is 14.2 Å². The normalized spacial score (nSPS) is 10.7. The molecule has 0 amide bonds. The second kappa shape index (κ2) is 7.83. The lowest BCUT2D eigenvalue weighted by molar-refractivity contribution is 0.202. The van der Waals surface area contributed by atoms with Gasteiger partial charge in [0.15, 0.2) is 0 Å². The Morgan fingerprint density at radius 1 is 0.600 bits per heavy atom. The highest BCUT2D eigenvalue weighted by molar-refractivity contribution is 5.63. The molecule has 0 N–H and O–H groups in total. The highest BCUT2D eigenvalue weighted by Crippen LogP contribution is 2.20. The van der Waals surface area contributed by atoms with Crippen LogP contribution in [0, 0.1) is 0 Å². The van der Waals surface area contributed by atoms with Gasteiger partial charge in [-0.05, 0) is 35.1 Å². The number of hydrogen-bond donors (Lipinski definition) is 0. The van der Waals surface area contributed by atoms with E-state index in [9.17, 15) is 0 Å². The molecule has 20 heavy (non-hydrogen) atoms. The quantitative estimate of drug-likeness (QED) is 0.763. The van der Waals surface area contributed by atoms with E-state index < -0.39 is 0 Å². The Balaban J connectivity index is 2.03. The van der Waals surface area contributed by atoms with Crippen molar-refractivity contribution in [3.8, 4) is 11.1 Å². The van der Waals surface area contributed by atoms with Crippen LogP contribution < -0.4 is 0 Å². The number of benzene rings is 2. The van der Waals surface area contributed by atoms with Gasteiger partial charge in [-0.15, -0.1) is 0 Å². The van der Waals surface area contributed by atoms with E-state index in [-0.39, 0.29) is 0 Å². The lowest BCUT2D eigenvalue weighted by atomic mass is 10.0. The van der Waals surface area contributed by atoms with Gasteiger partial charge in [0.2, 0.25) is 0 Å². The van der Waals surface area contributed by atoms with Crippen molar-refractivity contribution in [2.45, 2.75) is 12.8 Å². The van der Waals surface area contributed by atoms with Crippen LogP contribution in [-0.2, 0) is 22.3 Å². The van der Waals surface area contributed by atoms with Crippen LogP contribution in [0.1, 0.15) is 11.1 Å². The Labute approximate surface area is 121 Å². The highest BCUT2D eigenvalue weighted by Gasteiger charge is 1.99. The molecule has 0 heterocycles. The predicted octanol–water partition coefficient (Wildman–Crippen LogP) is 3.73. The van der Waals surface area contributed by atoms with Gasteiger partial charge in [-0.25, -0.2) is 0 Å². The maximum Gasteiger partial charge on any atom is 0.0502 e. The van der Waals surface area contributed by atoms with Gasteiger partial charge in [0.05, 0.1) is 13.2 Å². The zero-order valence-corrected chi connectivity index (χ0v) is 12.3. The third kappa shape index (κ3) is 4.19. The first-order valence-corrected chi connectivity index (χ1v) is 6.99. The van der Waals surface area contributed by atoms with Gasteiger partial charge in [-0.3, -0.25) is 0 Å². The van der Waals surface area contributed by atoms with Gasteiger partial charge in [-0.2, -0.15) is 0 Å². The molecule has 0 radical (unpaired) electrons. The SMILES string of the molecule is COCCc1ccc(-c2ccc(CCOC)cc2)cc1. The molecule has 2 rings (SSSR count). The van der Waals surface area contributed by atoms with E-state index in [1.165, 1.54) is 22.3 Å². The highest BCUT2D eigenvalue weighted by atomic mass is 16.5. The molecule has 0 aliphatic heterocycles. The van der Waals surface area contributed by atoms with Crippen LogP contribution in [0.15, 0.2) is 48.5 Å². The average Bonchev–Trinajstić information content (AvgIpc) is 2.52. The molecule has 0 aliphatic carbocycles. The Morgan fingerprint density at radius 2 is 0.950 bits per heavy atom. The molecule has 0 unspecified atom stereocenters. The first kappa shape index (κ1) is 14.8. The molecule has 106 valence electrons. The summed E-state index contributed by atoms with van der Waals surface area (Å²) in [4.78, 5) is 0. The Bertz CT molecular complexity index is 450. The lowest BCUT2D eigenvalue weighted by Crippen LogP contribution is -1.94. The first-order valence-electron chi connectivity index (χ1n) is 6.99. The van der Waals surface area contributed by atoms with Crippen LogP contribution in [0.2, 0.25) is 0 Å². The Kier molecular flexibility index (Phi) is 5.78. The third-order valence-corrected chi connectivity index (χ3v) is 3.43. The van der Waals surface area contributed by atoms with Crippen LogP contribution in [0.5, 0.6) is 0 Å². The molecule has 0 aliphatic rings. The van der Waals surface area contributed by atoms with Crippen molar-refractivity contribution in [2.75, 3.05) is 27.4 Å². The van der Waals surface area contributed by atoms with Gasteiger partial charge in [0.25, 0.3) is 0 Å². The van der Waals surface area contributed by atoms with Crippen molar-refractivity contribution in [2.24, 2.45) is 0 Å². The summed E-state index contributed by atoms with van der Waals surface area (Å²) in [6.07, 6.45) is 1.93. The topological polar surface area (TPSA) is 18.5 Å². The molecule has 2 nitrogen and oxygen atoms in total. The van der Waals surface area contributed by atoms with E-state index in [0.717, 1.165) is 26.1 Å². The summed E-state index contributed by atoms with van der Waals surface area (Å²) < 4.78 is 10.2. The van der Waals surface area contributed by atoms with Crippen molar-refractivity contribution in [1.29, 1.82) is 0 Å². The zero-order valence-electron chi connectivity index (χ0n) is 12.3. The van der Waals surface area contributed by atoms with E-state index >= 15 is 0 Å². The predicted molar refractivity (Wildman–Crippen MR) is 83.0 cm³/mol. The van der Waals surface area contributed by atoms with Crippen molar-refractivity contribution in [3.05, 3.63) is 59.7 Å². The van der Waals surface area contributed by atoms with Crippen LogP contribution in [0.4, 0.5) is 0 Å². The smallest absolute Gasteiger partial charge is 0.0502 e. The Morgan fingerprint density at radius 3 is 1.25 bits per heavy atom. The molecule has 2 heteroatoms. The van der Waals surface area contributed by atoms with Gasteiger partial charge in [0, 0.05) is 14.2 Å². The summed E-state index contributed by atoms with van der Waals surface area (Å²) in [5.41, 5.74) is 5.13. The standard InChI is InChI=1S/C18H22O2/c1-19-13-11-15-3-7-17(8-4-15)18-9-5-16(6-10-18)12-14-20-2/h3-10H,11-14H2,1-2H3. The summed E-state index contributed by atoms with van der Waals surface area (Å²) in [6.45, 7) is 1.54. The molecule has 2 aromatic carbocycles. The fourth-order valence-corrected chi connectivity index (χ4v) is 2.17. The van der Waals surface area contributed by atoms with Gasteiger partial charge >= 0.3 is 0 Å². The fourth-order valence-electron chi connectivity index (χ4n) is 2.17. The van der Waals surface area contributed by atoms with Crippen molar-refractivity contribution >= 4 is 0 Å². The fraction of sp³-hybridized carbons (Fsp3) is 0.333. The van der Waals surface area contributed by atoms with Crippen molar-refractivity contribution < 1.29 is 9.47 Å². The lowest BCUT2D eigenvalue weighted by Gasteiger charge is -2.06. The van der Waals surface area contributed by atoms with Gasteiger partial charge in [-0.1, -0.05) is 48.5 Å². The zero-order chi connectivity index (χ0) is 14.2. The monoisotopic (exact) mass is 270 g/mol. The summed E-state index contributed by atoms with van der Waals surface area (Å²) >= 11 is 0. The van der Waals surface area contributed by atoms with Crippen LogP contribution >= 0.6 is 0 Å². The van der Waals surface area contributed by atoms with E-state index in [2.05, 4.69) is 48.5 Å². The van der Waals surface area contributed by atoms with Gasteiger partial charge < -0.3 is 9.47 Å². The number of rotatable bonds is 7. The maximum absolute atomic E-state index is 5.10. The van der Waals surface area contributed by atoms with Crippen molar-refractivity contribution in [3.63, 3.8) is 0 Å². The maximum atomic E-state index is 5.10. The number of methoxy groups -OCH3 is 2. The molecule has 0 bridgehead atoms. The molecule has 0 fully saturated rings. The number of hydrogen-bond acceptors (Lipinski definition) is 2. The molecular weight excluding hydrogens is 248 g/mol. The van der Waals surface area contributed by atoms with Crippen LogP contribution in [0.3, 0.4) is 0 Å². The molecule has 0 saturated carbocycles. The van der Waals surface area contributed by atoms with E-state index in [0.29, 0.717) is 0 Å². The van der Waals surface area contributed by atoms with E-state index in [4.69, 9.17) is 9.47 Å². The molecule has 0 aromatic heterocycles. The Hall–Kier alpha value is -1.64. The van der Waals surface area contributed by atoms with Crippen LogP contribution in [-0.4, -0.2) is 27.4 Å². The first-order chi connectivity index (χ1) is 9.83. The molecule has 0 atom stereocenters. The van der Waals surface area contributed by atoms with Crippen molar-refractivity contribution in [1.82, 2.24) is 0 Å². The van der Waals surface area contributed by atoms with Crippen LogP contribution in [0.25, 0.3) is 11.1 Å². The summed E-state index contributed by atoms with van der Waals surface area (Å²) in [7, 11) is 3.47. The minimum atomic E-state index is 0.771. The van der Waals surface area contributed by atoms with E-state index in [1.807, 2.05) is 0 Å². The number of ether oxygens (including phenoxy) is 2. The molecule has 2 aromatic rings. The molecule has 0 spiro atoms. The second-order valence-corrected chi connectivity index (χ2v) is 4.88. The third-order valence-electron chi connectivity index (χ3n) is 3.43. The second-order valence-electron chi connectivity index (χ2n) is 4.88. The van der Waals surface area contributed by atoms with Gasteiger partial charge in [0.1, 0.15) is 0 Å². The largest absolute Gasteiger partial charge is 0.384 e.